The molecule has 1 aromatic carbocycles. The molecule has 1 amide bonds. The highest BCUT2D eigenvalue weighted by Crippen LogP contribution is 2.12. The van der Waals surface area contributed by atoms with Gasteiger partial charge in [0, 0.05) is 25.1 Å². The molecule has 3 N–H and O–H groups in total. The highest BCUT2D eigenvalue weighted by molar-refractivity contribution is 5.81. The number of amides is 1. The number of carbonyl (C=O) groups is 1. The van der Waals surface area contributed by atoms with Crippen molar-refractivity contribution in [3.63, 3.8) is 0 Å². The summed E-state index contributed by atoms with van der Waals surface area (Å²) in [5, 5.41) is 13.1. The van der Waals surface area contributed by atoms with Crippen molar-refractivity contribution < 1.29 is 9.72 Å². The number of hydrogen-bond acceptors (Lipinski definition) is 4. The van der Waals surface area contributed by atoms with Crippen LogP contribution in [0.5, 0.6) is 0 Å². The van der Waals surface area contributed by atoms with Crippen LogP contribution >= 0.6 is 0 Å². The third-order valence-corrected chi connectivity index (χ3v) is 2.26. The van der Waals surface area contributed by atoms with E-state index in [2.05, 4.69) is 11.2 Å². The second-order valence-electron chi connectivity index (χ2n) is 3.66. The third kappa shape index (κ3) is 3.88. The van der Waals surface area contributed by atoms with Gasteiger partial charge in [-0.25, -0.2) is 0 Å². The molecule has 0 aliphatic heterocycles. The molecule has 0 heterocycles. The lowest BCUT2D eigenvalue weighted by Crippen LogP contribution is -2.39. The van der Waals surface area contributed by atoms with Gasteiger partial charge in [0.05, 0.1) is 11.0 Å². The zero-order valence-electron chi connectivity index (χ0n) is 9.63. The SMILES string of the molecule is C#CCC(N)C(=O)NCc1cccc([N+](=O)[O-])c1. The molecule has 0 saturated carbocycles. The molecule has 1 atom stereocenters. The summed E-state index contributed by atoms with van der Waals surface area (Å²) in [6.07, 6.45) is 5.20. The summed E-state index contributed by atoms with van der Waals surface area (Å²) in [7, 11) is 0. The summed E-state index contributed by atoms with van der Waals surface area (Å²) < 4.78 is 0. The molecule has 94 valence electrons. The van der Waals surface area contributed by atoms with Crippen molar-refractivity contribution in [3.05, 3.63) is 39.9 Å². The number of rotatable bonds is 5. The Hall–Kier alpha value is -2.39. The van der Waals surface area contributed by atoms with Crippen molar-refractivity contribution in [2.45, 2.75) is 19.0 Å². The zero-order chi connectivity index (χ0) is 13.5. The van der Waals surface area contributed by atoms with Crippen LogP contribution in [0, 0.1) is 22.5 Å². The number of benzene rings is 1. The first-order valence-electron chi connectivity index (χ1n) is 5.24. The Morgan fingerprint density at radius 2 is 2.33 bits per heavy atom. The van der Waals surface area contributed by atoms with Gasteiger partial charge in [-0.05, 0) is 5.56 Å². The van der Waals surface area contributed by atoms with Crippen LogP contribution in [-0.4, -0.2) is 16.9 Å². The molecule has 0 aliphatic rings. The van der Waals surface area contributed by atoms with Gasteiger partial charge < -0.3 is 11.1 Å². The van der Waals surface area contributed by atoms with Gasteiger partial charge in [0.15, 0.2) is 0 Å². The fourth-order valence-corrected chi connectivity index (χ4v) is 1.32. The van der Waals surface area contributed by atoms with E-state index in [-0.39, 0.29) is 24.6 Å². The average Bonchev–Trinajstić information content (AvgIpc) is 2.36. The van der Waals surface area contributed by atoms with Gasteiger partial charge in [0.2, 0.25) is 5.91 Å². The largest absolute Gasteiger partial charge is 0.351 e. The second-order valence-corrected chi connectivity index (χ2v) is 3.66. The number of terminal acetylenes is 1. The van der Waals surface area contributed by atoms with Crippen LogP contribution in [0.1, 0.15) is 12.0 Å². The maximum atomic E-state index is 11.5. The van der Waals surface area contributed by atoms with E-state index in [1.54, 1.807) is 12.1 Å². The highest BCUT2D eigenvalue weighted by atomic mass is 16.6. The van der Waals surface area contributed by atoms with E-state index in [1.165, 1.54) is 12.1 Å². The number of nitrogens with one attached hydrogen (secondary N) is 1. The Balaban J connectivity index is 2.59. The topological polar surface area (TPSA) is 98.3 Å². The predicted molar refractivity (Wildman–Crippen MR) is 66.4 cm³/mol. The molecule has 0 saturated heterocycles. The van der Waals surface area contributed by atoms with Gasteiger partial charge in [-0.2, -0.15) is 0 Å². The van der Waals surface area contributed by atoms with Gasteiger partial charge in [0.25, 0.3) is 5.69 Å². The van der Waals surface area contributed by atoms with Crippen molar-refractivity contribution in [1.82, 2.24) is 5.32 Å². The Bertz CT molecular complexity index is 494. The lowest BCUT2D eigenvalue weighted by molar-refractivity contribution is -0.384. The van der Waals surface area contributed by atoms with Gasteiger partial charge in [-0.1, -0.05) is 12.1 Å². The molecule has 6 heteroatoms. The number of nitrogens with zero attached hydrogens (tertiary/aromatic N) is 1. The van der Waals surface area contributed by atoms with Gasteiger partial charge in [-0.15, -0.1) is 12.3 Å². The van der Waals surface area contributed by atoms with Crippen molar-refractivity contribution in [2.75, 3.05) is 0 Å². The van der Waals surface area contributed by atoms with Crippen molar-refractivity contribution >= 4 is 11.6 Å². The van der Waals surface area contributed by atoms with Crippen LogP contribution in [0.3, 0.4) is 0 Å². The second kappa shape index (κ2) is 6.37. The number of nitrogens with two attached hydrogens (primary N) is 1. The molecule has 0 aliphatic carbocycles. The number of non-ortho nitro benzene ring substituents is 1. The monoisotopic (exact) mass is 247 g/mol. The Morgan fingerprint density at radius 1 is 1.61 bits per heavy atom. The smallest absolute Gasteiger partial charge is 0.269 e. The van der Waals surface area contributed by atoms with Crippen LogP contribution in [0.15, 0.2) is 24.3 Å². The number of hydrogen-bond donors (Lipinski definition) is 2. The minimum absolute atomic E-state index is 0.0188. The van der Waals surface area contributed by atoms with E-state index < -0.39 is 11.0 Å². The summed E-state index contributed by atoms with van der Waals surface area (Å²) in [4.78, 5) is 21.5. The first-order valence-corrected chi connectivity index (χ1v) is 5.24. The zero-order valence-corrected chi connectivity index (χ0v) is 9.63. The summed E-state index contributed by atoms with van der Waals surface area (Å²) >= 11 is 0. The molecule has 0 spiro atoms. The lowest BCUT2D eigenvalue weighted by atomic mass is 10.2. The van der Waals surface area contributed by atoms with Crippen LogP contribution in [-0.2, 0) is 11.3 Å². The summed E-state index contributed by atoms with van der Waals surface area (Å²) in [6.45, 7) is 0.179. The fraction of sp³-hybridized carbons (Fsp3) is 0.250. The average molecular weight is 247 g/mol. The van der Waals surface area contributed by atoms with Gasteiger partial charge in [0.1, 0.15) is 0 Å². The van der Waals surface area contributed by atoms with E-state index in [0.717, 1.165) is 0 Å². The summed E-state index contributed by atoms with van der Waals surface area (Å²) in [6, 6.07) is 5.26. The number of nitro benzene ring substituents is 1. The predicted octanol–water partition coefficient (Wildman–Crippen LogP) is 0.562. The molecule has 0 fully saturated rings. The highest BCUT2D eigenvalue weighted by Gasteiger charge is 2.12. The van der Waals surface area contributed by atoms with Crippen molar-refractivity contribution in [2.24, 2.45) is 5.73 Å². The van der Waals surface area contributed by atoms with Gasteiger partial charge in [-0.3, -0.25) is 14.9 Å². The van der Waals surface area contributed by atoms with Crippen LogP contribution in [0.25, 0.3) is 0 Å². The Labute approximate surface area is 104 Å². The van der Waals surface area contributed by atoms with Crippen LogP contribution < -0.4 is 11.1 Å². The normalized spacial score (nSPS) is 11.3. The molecule has 1 aromatic rings. The molecule has 6 nitrogen and oxygen atoms in total. The first kappa shape index (κ1) is 13.7. The van der Waals surface area contributed by atoms with Crippen LogP contribution in [0.2, 0.25) is 0 Å². The van der Waals surface area contributed by atoms with Gasteiger partial charge >= 0.3 is 0 Å². The number of nitro groups is 1. The Morgan fingerprint density at radius 3 is 2.94 bits per heavy atom. The molecule has 1 unspecified atom stereocenters. The number of carbonyl (C=O) groups excluding carboxylic acids is 1. The van der Waals surface area contributed by atoms with Crippen molar-refractivity contribution in [1.29, 1.82) is 0 Å². The van der Waals surface area contributed by atoms with E-state index in [0.29, 0.717) is 5.56 Å². The first-order chi connectivity index (χ1) is 8.54. The standard InChI is InChI=1S/C12H13N3O3/c1-2-4-11(13)12(16)14-8-9-5-3-6-10(7-9)15(17)18/h1,3,5-7,11H,4,8,13H2,(H,14,16). The van der Waals surface area contributed by atoms with E-state index >= 15 is 0 Å². The molecule has 0 aromatic heterocycles. The van der Waals surface area contributed by atoms with E-state index in [9.17, 15) is 14.9 Å². The van der Waals surface area contributed by atoms with Crippen LogP contribution in [0.4, 0.5) is 5.69 Å². The maximum absolute atomic E-state index is 11.5. The molecular weight excluding hydrogens is 234 g/mol. The minimum Gasteiger partial charge on any atom is -0.351 e. The summed E-state index contributed by atoms with van der Waals surface area (Å²) in [5.41, 5.74) is 6.12. The van der Waals surface area contributed by atoms with Crippen molar-refractivity contribution in [3.8, 4) is 12.3 Å². The quantitative estimate of drug-likeness (QED) is 0.451. The van der Waals surface area contributed by atoms with E-state index in [4.69, 9.17) is 12.2 Å². The Kier molecular flexibility index (Phi) is 4.84. The molecule has 0 radical (unpaired) electrons. The third-order valence-electron chi connectivity index (χ3n) is 2.26. The summed E-state index contributed by atoms with van der Waals surface area (Å²) in [5.74, 6) is 1.92. The maximum Gasteiger partial charge on any atom is 0.269 e. The molecule has 0 bridgehead atoms. The van der Waals surface area contributed by atoms with E-state index in [1.807, 2.05) is 0 Å². The molecule has 18 heavy (non-hydrogen) atoms. The minimum atomic E-state index is -0.756. The fourth-order valence-electron chi connectivity index (χ4n) is 1.32. The lowest BCUT2D eigenvalue weighted by Gasteiger charge is -2.09. The molecular formula is C12H13N3O3. The molecule has 1 rings (SSSR count).